The monoisotopic (exact) mass is 915 g/mol. The lowest BCUT2D eigenvalue weighted by Gasteiger charge is -2.23. The Morgan fingerprint density at radius 2 is 1.25 bits per heavy atom. The fourth-order valence-corrected chi connectivity index (χ4v) is 8.37. The molecule has 0 spiro atoms. The molecule has 2 aliphatic carbocycles. The Kier molecular flexibility index (Phi) is 19.4. The molecule has 5 aromatic rings. The molecule has 2 aliphatic rings. The second-order valence-electron chi connectivity index (χ2n) is 20.6. The first-order valence-corrected chi connectivity index (χ1v) is 24.6. The number of hydrogen-bond acceptors (Lipinski definition) is 8. The lowest BCUT2D eigenvalue weighted by Crippen LogP contribution is -2.27. The highest BCUT2D eigenvalue weighted by atomic mass is 16.5. The average Bonchev–Trinajstić information content (AvgIpc) is 3.63. The van der Waals surface area contributed by atoms with Crippen molar-refractivity contribution >= 4 is 46.0 Å². The van der Waals surface area contributed by atoms with Gasteiger partial charge in [0.2, 0.25) is 11.8 Å². The van der Waals surface area contributed by atoms with Crippen LogP contribution in [0.4, 0.5) is 17.2 Å². The predicted octanol–water partition coefficient (Wildman–Crippen LogP) is 12.7. The van der Waals surface area contributed by atoms with Gasteiger partial charge in [0.15, 0.2) is 0 Å². The molecule has 2 aromatic carbocycles. The number of carbonyl (C=O) groups excluding carboxylic acids is 3. The van der Waals surface area contributed by atoms with Crippen LogP contribution >= 0.6 is 0 Å². The molecule has 0 atom stereocenters. The van der Waals surface area contributed by atoms with Crippen molar-refractivity contribution in [2.75, 3.05) is 36.2 Å². The highest BCUT2D eigenvalue weighted by molar-refractivity contribution is 5.96. The van der Waals surface area contributed by atoms with E-state index in [1.54, 1.807) is 12.4 Å². The zero-order valence-electron chi connectivity index (χ0n) is 42.1. The number of carbonyl (C=O) groups is 3. The van der Waals surface area contributed by atoms with Gasteiger partial charge < -0.3 is 30.0 Å². The second-order valence-corrected chi connectivity index (χ2v) is 20.6. The number of rotatable bonds is 13. The molecule has 7 rings (SSSR count). The molecule has 2 saturated carbocycles. The summed E-state index contributed by atoms with van der Waals surface area (Å²) in [5.74, 6) is 3.13. The molecule has 0 unspecified atom stereocenters. The van der Waals surface area contributed by atoms with Crippen molar-refractivity contribution < 1.29 is 23.9 Å². The van der Waals surface area contributed by atoms with E-state index in [1.165, 1.54) is 88.1 Å². The summed E-state index contributed by atoms with van der Waals surface area (Å²) < 4.78 is 12.6. The van der Waals surface area contributed by atoms with Gasteiger partial charge >= 0.3 is 5.97 Å². The number of esters is 1. The van der Waals surface area contributed by atoms with E-state index in [-0.39, 0.29) is 17.8 Å². The van der Waals surface area contributed by atoms with Gasteiger partial charge in [-0.1, -0.05) is 122 Å². The van der Waals surface area contributed by atoms with Crippen LogP contribution in [0, 0.1) is 36.5 Å². The number of nitrogens with zero attached hydrogens (tertiary/aromatic N) is 3. The first-order chi connectivity index (χ1) is 31.9. The first-order valence-electron chi connectivity index (χ1n) is 24.6. The van der Waals surface area contributed by atoms with Gasteiger partial charge in [-0.25, -0.2) is 9.97 Å². The van der Waals surface area contributed by atoms with E-state index in [1.807, 2.05) is 105 Å². The van der Waals surface area contributed by atoms with Gasteiger partial charge in [-0.2, -0.15) is 0 Å². The van der Waals surface area contributed by atoms with E-state index >= 15 is 0 Å². The second kappa shape index (κ2) is 24.9. The van der Waals surface area contributed by atoms with E-state index < -0.39 is 10.8 Å². The Balaban J connectivity index is 0.000000212. The molecule has 11 heteroatoms. The van der Waals surface area contributed by atoms with Gasteiger partial charge in [-0.3, -0.25) is 14.4 Å². The maximum Gasteiger partial charge on any atom is 0.309 e. The summed E-state index contributed by atoms with van der Waals surface area (Å²) in [5.41, 5.74) is 7.48. The summed E-state index contributed by atoms with van der Waals surface area (Å²) >= 11 is 0. The summed E-state index contributed by atoms with van der Waals surface area (Å²) in [5, 5.41) is 10.5. The van der Waals surface area contributed by atoms with Gasteiger partial charge in [0, 0.05) is 41.4 Å². The number of pyridine rings is 2. The Morgan fingerprint density at radius 1 is 0.701 bits per heavy atom. The number of aryl methyl sites for hydroxylation is 2. The van der Waals surface area contributed by atoms with E-state index in [0.717, 1.165) is 70.5 Å². The van der Waals surface area contributed by atoms with Crippen molar-refractivity contribution in [1.29, 1.82) is 0 Å². The van der Waals surface area contributed by atoms with Crippen LogP contribution in [0.25, 0.3) is 11.0 Å². The number of benzene rings is 2. The van der Waals surface area contributed by atoms with Crippen molar-refractivity contribution in [3.8, 4) is 5.75 Å². The normalized spacial score (nSPS) is 14.5. The topological polar surface area (TPSA) is 136 Å². The standard InChI is InChI=1S/C28H37N3O2.C18H29N3O.C10H12O2/c1-5-33-25-13-11-20(12-14-25)15-24-17-22-16-23(30-27(32)28(2,3)4)18-29-26(22)31(24)19-21-9-7-6-8-10-21;1-13-10-15(21-17(22)18(2,3)4)12-20-16(13)19-11-14-8-6-5-7-9-14;1-8-3-5-9(6-4-8)7-10(11)12-2/h11-14,16-18,21H,5-10,15,19H2,1-4H3,(H,30,32);10,12,14H,5-9,11H2,1-4H3,(H,19,20)(H,21,22);3-6H,7H2,1-2H3. The highest BCUT2D eigenvalue weighted by Crippen LogP contribution is 2.31. The molecule has 2 fully saturated rings. The molecule has 3 heterocycles. The molecule has 11 nitrogen and oxygen atoms in total. The predicted molar refractivity (Wildman–Crippen MR) is 274 cm³/mol. The Labute approximate surface area is 400 Å². The SMILES string of the molecule is CCOc1ccc(Cc2cc3cc(NC(=O)C(C)(C)C)cnc3n2CC2CCCCC2)cc1.COC(=O)Cc1ccc(C)cc1.Cc1cc(NC(=O)C(C)(C)C)cnc1NCC1CCCCC1. The van der Waals surface area contributed by atoms with Gasteiger partial charge in [0.25, 0.3) is 0 Å². The third kappa shape index (κ3) is 16.8. The molecule has 0 radical (unpaired) electrons. The first kappa shape index (κ1) is 52.3. The Morgan fingerprint density at radius 3 is 1.81 bits per heavy atom. The zero-order chi connectivity index (χ0) is 48.6. The third-order valence-corrected chi connectivity index (χ3v) is 12.5. The maximum absolute atomic E-state index is 12.5. The van der Waals surface area contributed by atoms with Crippen LogP contribution < -0.4 is 20.7 Å². The van der Waals surface area contributed by atoms with E-state index in [2.05, 4.69) is 54.5 Å². The number of nitrogens with one attached hydrogen (secondary N) is 3. The largest absolute Gasteiger partial charge is 0.494 e. The van der Waals surface area contributed by atoms with Crippen LogP contribution in [0.5, 0.6) is 5.75 Å². The van der Waals surface area contributed by atoms with Crippen LogP contribution in [0.1, 0.15) is 141 Å². The fraction of sp³-hybridized carbons (Fsp3) is 0.518. The summed E-state index contributed by atoms with van der Waals surface area (Å²) in [7, 11) is 1.40. The molecule has 2 amide bonds. The van der Waals surface area contributed by atoms with Crippen molar-refractivity contribution in [3.05, 3.63) is 107 Å². The smallest absolute Gasteiger partial charge is 0.309 e. The van der Waals surface area contributed by atoms with Crippen molar-refractivity contribution in [3.63, 3.8) is 0 Å². The highest BCUT2D eigenvalue weighted by Gasteiger charge is 2.24. The molecular weight excluding hydrogens is 837 g/mol. The summed E-state index contributed by atoms with van der Waals surface area (Å²) in [6.07, 6.45) is 18.1. The minimum atomic E-state index is -0.444. The van der Waals surface area contributed by atoms with Gasteiger partial charge in [0.05, 0.1) is 43.9 Å². The van der Waals surface area contributed by atoms with Crippen molar-refractivity contribution in [2.45, 2.75) is 146 Å². The minimum absolute atomic E-state index is 0.0000929. The number of fused-ring (bicyclic) bond motifs is 1. The van der Waals surface area contributed by atoms with Crippen LogP contribution in [-0.2, 0) is 38.5 Å². The number of ether oxygens (including phenoxy) is 2. The molecule has 362 valence electrons. The summed E-state index contributed by atoms with van der Waals surface area (Å²) in [6, 6.07) is 22.5. The van der Waals surface area contributed by atoms with Crippen LogP contribution in [0.3, 0.4) is 0 Å². The van der Waals surface area contributed by atoms with Crippen molar-refractivity contribution in [1.82, 2.24) is 14.5 Å². The number of hydrogen-bond donors (Lipinski definition) is 3. The van der Waals surface area contributed by atoms with Crippen LogP contribution in [0.15, 0.2) is 79.1 Å². The summed E-state index contributed by atoms with van der Waals surface area (Å²) in [6.45, 7) is 20.2. The van der Waals surface area contributed by atoms with E-state index in [9.17, 15) is 14.4 Å². The number of amides is 2. The minimum Gasteiger partial charge on any atom is -0.494 e. The summed E-state index contributed by atoms with van der Waals surface area (Å²) in [4.78, 5) is 44.6. The number of aromatic nitrogens is 3. The Bertz CT molecular complexity index is 2350. The molecule has 0 saturated heterocycles. The Hall–Kier alpha value is -5.71. The van der Waals surface area contributed by atoms with Gasteiger partial charge in [-0.05, 0) is 105 Å². The molecule has 3 aromatic heterocycles. The molecular formula is C56H78N6O5. The van der Waals surface area contributed by atoms with Crippen LogP contribution in [-0.4, -0.2) is 52.6 Å². The lowest BCUT2D eigenvalue weighted by molar-refractivity contribution is -0.139. The van der Waals surface area contributed by atoms with E-state index in [0.29, 0.717) is 18.9 Å². The number of methoxy groups -OCH3 is 1. The third-order valence-electron chi connectivity index (χ3n) is 12.5. The quantitative estimate of drug-likeness (QED) is 0.0994. The lowest BCUT2D eigenvalue weighted by atomic mass is 9.89. The number of anilines is 3. The maximum atomic E-state index is 12.5. The fourth-order valence-electron chi connectivity index (χ4n) is 8.37. The molecule has 0 bridgehead atoms. The average molecular weight is 915 g/mol. The van der Waals surface area contributed by atoms with E-state index in [4.69, 9.17) is 9.72 Å². The molecule has 3 N–H and O–H groups in total. The zero-order valence-corrected chi connectivity index (χ0v) is 42.1. The van der Waals surface area contributed by atoms with Gasteiger partial charge in [-0.15, -0.1) is 0 Å². The molecule has 0 aliphatic heterocycles. The molecule has 67 heavy (non-hydrogen) atoms. The van der Waals surface area contributed by atoms with Crippen molar-refractivity contribution in [2.24, 2.45) is 22.7 Å². The van der Waals surface area contributed by atoms with Crippen LogP contribution in [0.2, 0.25) is 0 Å². The van der Waals surface area contributed by atoms with Gasteiger partial charge in [0.1, 0.15) is 17.2 Å².